The second-order valence-electron chi connectivity index (χ2n) is 4.38. The van der Waals surface area contributed by atoms with Gasteiger partial charge in [-0.05, 0) is 25.0 Å². The molecule has 1 rings (SSSR count). The molecule has 0 saturated carbocycles. The summed E-state index contributed by atoms with van der Waals surface area (Å²) >= 11 is 3.36. The van der Waals surface area contributed by atoms with Crippen molar-refractivity contribution in [3.8, 4) is 0 Å². The van der Waals surface area contributed by atoms with Crippen LogP contribution in [0.1, 0.15) is 38.5 Å². The summed E-state index contributed by atoms with van der Waals surface area (Å²) in [5.74, 6) is -1.63. The predicted molar refractivity (Wildman–Crippen MR) is 76.5 cm³/mol. The maximum absolute atomic E-state index is 13.3. The zero-order chi connectivity index (χ0) is 14.1. The summed E-state index contributed by atoms with van der Waals surface area (Å²) in [4.78, 5) is 11.6. The topological polar surface area (TPSA) is 29.1 Å². The van der Waals surface area contributed by atoms with Crippen LogP contribution in [-0.2, 0) is 4.79 Å². The molecule has 1 aromatic carbocycles. The van der Waals surface area contributed by atoms with Gasteiger partial charge in [0.1, 0.15) is 11.6 Å². The van der Waals surface area contributed by atoms with Crippen LogP contribution in [0.4, 0.5) is 14.5 Å². The molecular weight excluding hydrogens is 316 g/mol. The lowest BCUT2D eigenvalue weighted by Gasteiger charge is -2.06. The monoisotopic (exact) mass is 333 g/mol. The largest absolute Gasteiger partial charge is 0.324 e. The Kier molecular flexibility index (Phi) is 7.63. The molecule has 1 N–H and O–H groups in total. The number of alkyl halides is 1. The van der Waals surface area contributed by atoms with Gasteiger partial charge < -0.3 is 5.32 Å². The van der Waals surface area contributed by atoms with Crippen LogP contribution >= 0.6 is 15.9 Å². The molecular formula is C14H18BrF2NO. The maximum atomic E-state index is 13.3. The third-order valence-corrected chi connectivity index (χ3v) is 3.30. The molecule has 0 fully saturated rings. The van der Waals surface area contributed by atoms with Crippen molar-refractivity contribution >= 4 is 27.5 Å². The highest BCUT2D eigenvalue weighted by Crippen LogP contribution is 2.15. The minimum atomic E-state index is -0.745. The number of carbonyl (C=O) groups excluding carboxylic acids is 1. The van der Waals surface area contributed by atoms with Gasteiger partial charge in [0.15, 0.2) is 0 Å². The molecule has 0 unspecified atom stereocenters. The lowest BCUT2D eigenvalue weighted by atomic mass is 10.1. The van der Waals surface area contributed by atoms with Crippen LogP contribution in [0.2, 0.25) is 0 Å². The van der Waals surface area contributed by atoms with Crippen LogP contribution < -0.4 is 5.32 Å². The number of rotatable bonds is 8. The minimum Gasteiger partial charge on any atom is -0.324 e. The number of carbonyl (C=O) groups is 1. The van der Waals surface area contributed by atoms with Gasteiger partial charge in [0.25, 0.3) is 0 Å². The second kappa shape index (κ2) is 9.02. The number of hydrogen-bond acceptors (Lipinski definition) is 1. The van der Waals surface area contributed by atoms with E-state index in [-0.39, 0.29) is 11.6 Å². The van der Waals surface area contributed by atoms with Crippen LogP contribution in [0, 0.1) is 11.6 Å². The first-order chi connectivity index (χ1) is 9.13. The Hall–Kier alpha value is -0.970. The molecule has 0 aliphatic heterocycles. The van der Waals surface area contributed by atoms with E-state index in [1.165, 1.54) is 6.07 Å². The van der Waals surface area contributed by atoms with E-state index < -0.39 is 11.6 Å². The van der Waals surface area contributed by atoms with Gasteiger partial charge in [0, 0.05) is 17.8 Å². The van der Waals surface area contributed by atoms with Crippen molar-refractivity contribution in [2.45, 2.75) is 38.5 Å². The van der Waals surface area contributed by atoms with Gasteiger partial charge in [-0.15, -0.1) is 0 Å². The van der Waals surface area contributed by atoms with E-state index in [1.807, 2.05) is 0 Å². The Bertz CT molecular complexity index is 412. The van der Waals surface area contributed by atoms with Gasteiger partial charge in [-0.1, -0.05) is 35.2 Å². The number of benzene rings is 1. The van der Waals surface area contributed by atoms with E-state index in [2.05, 4.69) is 21.2 Å². The molecule has 2 nitrogen and oxygen atoms in total. The summed E-state index contributed by atoms with van der Waals surface area (Å²) in [6.07, 6.45) is 5.55. The maximum Gasteiger partial charge on any atom is 0.224 e. The minimum absolute atomic E-state index is 0.0330. The van der Waals surface area contributed by atoms with E-state index in [0.29, 0.717) is 6.42 Å². The molecule has 0 aliphatic carbocycles. The standard InChI is InChI=1S/C14H18BrF2NO/c15-9-5-3-1-2-4-6-14(19)18-13-8-7-11(16)10-12(13)17/h7-8,10H,1-6,9H2,(H,18,19). The highest BCUT2D eigenvalue weighted by molar-refractivity contribution is 9.09. The first-order valence-corrected chi connectivity index (χ1v) is 7.56. The first kappa shape index (κ1) is 16.1. The summed E-state index contributed by atoms with van der Waals surface area (Å²) in [6, 6.07) is 3.12. The first-order valence-electron chi connectivity index (χ1n) is 6.44. The molecule has 0 radical (unpaired) electrons. The SMILES string of the molecule is O=C(CCCCCCCBr)Nc1ccc(F)cc1F. The van der Waals surface area contributed by atoms with E-state index >= 15 is 0 Å². The Morgan fingerprint density at radius 1 is 1.11 bits per heavy atom. The second-order valence-corrected chi connectivity index (χ2v) is 5.17. The van der Waals surface area contributed by atoms with Crippen molar-refractivity contribution in [1.29, 1.82) is 0 Å². The van der Waals surface area contributed by atoms with Gasteiger partial charge in [0.2, 0.25) is 5.91 Å². The summed E-state index contributed by atoms with van der Waals surface area (Å²) in [5.41, 5.74) is 0.0330. The average molecular weight is 334 g/mol. The van der Waals surface area contributed by atoms with E-state index in [1.54, 1.807) is 0 Å². The van der Waals surface area contributed by atoms with E-state index in [4.69, 9.17) is 0 Å². The molecule has 0 aromatic heterocycles. The zero-order valence-electron chi connectivity index (χ0n) is 10.7. The Balaban J connectivity index is 2.23. The summed E-state index contributed by atoms with van der Waals surface area (Å²) < 4.78 is 26.0. The smallest absolute Gasteiger partial charge is 0.224 e. The summed E-state index contributed by atoms with van der Waals surface area (Å²) in [7, 11) is 0. The Morgan fingerprint density at radius 2 is 1.79 bits per heavy atom. The molecule has 5 heteroatoms. The molecule has 106 valence electrons. The van der Waals surface area contributed by atoms with Crippen molar-refractivity contribution in [3.05, 3.63) is 29.8 Å². The zero-order valence-corrected chi connectivity index (χ0v) is 12.3. The third-order valence-electron chi connectivity index (χ3n) is 2.74. The number of amides is 1. The lowest BCUT2D eigenvalue weighted by molar-refractivity contribution is -0.116. The molecule has 0 saturated heterocycles. The predicted octanol–water partition coefficient (Wildman–Crippen LogP) is 4.64. The fraction of sp³-hybridized carbons (Fsp3) is 0.500. The van der Waals surface area contributed by atoms with Crippen LogP contribution in [0.3, 0.4) is 0 Å². The summed E-state index contributed by atoms with van der Waals surface area (Å²) in [6.45, 7) is 0. The van der Waals surface area contributed by atoms with Gasteiger partial charge in [-0.25, -0.2) is 8.78 Å². The number of anilines is 1. The van der Waals surface area contributed by atoms with Gasteiger partial charge in [0.05, 0.1) is 5.69 Å². The van der Waals surface area contributed by atoms with Gasteiger partial charge >= 0.3 is 0 Å². The number of hydrogen-bond donors (Lipinski definition) is 1. The van der Waals surface area contributed by atoms with E-state index in [9.17, 15) is 13.6 Å². The van der Waals surface area contributed by atoms with Crippen molar-refractivity contribution in [2.24, 2.45) is 0 Å². The van der Waals surface area contributed by atoms with Gasteiger partial charge in [-0.3, -0.25) is 4.79 Å². The normalized spacial score (nSPS) is 10.5. The molecule has 19 heavy (non-hydrogen) atoms. The number of unbranched alkanes of at least 4 members (excludes halogenated alkanes) is 4. The Morgan fingerprint density at radius 3 is 2.47 bits per heavy atom. The molecule has 0 heterocycles. The molecule has 0 spiro atoms. The molecule has 0 aliphatic rings. The van der Waals surface area contributed by atoms with Crippen LogP contribution in [0.5, 0.6) is 0 Å². The highest BCUT2D eigenvalue weighted by atomic mass is 79.9. The van der Waals surface area contributed by atoms with Gasteiger partial charge in [-0.2, -0.15) is 0 Å². The van der Waals surface area contributed by atoms with Crippen LogP contribution in [0.15, 0.2) is 18.2 Å². The fourth-order valence-corrected chi connectivity index (χ4v) is 2.11. The fourth-order valence-electron chi connectivity index (χ4n) is 1.71. The van der Waals surface area contributed by atoms with Crippen molar-refractivity contribution in [3.63, 3.8) is 0 Å². The molecule has 0 bridgehead atoms. The molecule has 1 aromatic rings. The molecule has 1 amide bonds. The highest BCUT2D eigenvalue weighted by Gasteiger charge is 2.07. The van der Waals surface area contributed by atoms with Crippen molar-refractivity contribution < 1.29 is 13.6 Å². The number of halogens is 3. The third kappa shape index (κ3) is 6.66. The lowest BCUT2D eigenvalue weighted by Crippen LogP contribution is -2.12. The number of nitrogens with one attached hydrogen (secondary N) is 1. The van der Waals surface area contributed by atoms with Crippen LogP contribution in [0.25, 0.3) is 0 Å². The summed E-state index contributed by atoms with van der Waals surface area (Å²) in [5, 5.41) is 3.46. The van der Waals surface area contributed by atoms with Crippen molar-refractivity contribution in [2.75, 3.05) is 10.6 Å². The van der Waals surface area contributed by atoms with E-state index in [0.717, 1.165) is 49.6 Å². The van der Waals surface area contributed by atoms with Crippen molar-refractivity contribution in [1.82, 2.24) is 0 Å². The van der Waals surface area contributed by atoms with Crippen LogP contribution in [-0.4, -0.2) is 11.2 Å². The average Bonchev–Trinajstić information content (AvgIpc) is 2.37. The Labute approximate surface area is 120 Å². The quantitative estimate of drug-likeness (QED) is 0.545. The molecule has 0 atom stereocenters.